The van der Waals surface area contributed by atoms with Crippen LogP contribution >= 0.6 is 0 Å². The van der Waals surface area contributed by atoms with Crippen LogP contribution in [0.4, 0.5) is 0 Å². The summed E-state index contributed by atoms with van der Waals surface area (Å²) in [5.41, 5.74) is 0. The Morgan fingerprint density at radius 1 is 1.53 bits per heavy atom. The minimum absolute atomic E-state index is 0.0631. The van der Waals surface area contributed by atoms with Gasteiger partial charge in [-0.1, -0.05) is 0 Å². The summed E-state index contributed by atoms with van der Waals surface area (Å²) in [7, 11) is 0. The molecule has 1 rings (SSSR count). The third-order valence-electron chi connectivity index (χ3n) is 2.76. The Kier molecular flexibility index (Phi) is 5.37. The molecule has 1 atom stereocenters. The van der Waals surface area contributed by atoms with E-state index in [4.69, 9.17) is 9.84 Å². The quantitative estimate of drug-likeness (QED) is 0.693. The van der Waals surface area contributed by atoms with Crippen molar-refractivity contribution >= 4 is 11.9 Å². The Hall–Kier alpha value is -1.14. The number of nitrogens with one attached hydrogen (secondary N) is 1. The molecule has 0 saturated carbocycles. The Bertz CT molecular complexity index is 281. The average Bonchev–Trinajstić information content (AvgIpc) is 2.28. The van der Waals surface area contributed by atoms with Crippen molar-refractivity contribution in [2.75, 3.05) is 26.2 Å². The molecular weight excluding hydrogens is 224 g/mol. The van der Waals surface area contributed by atoms with Gasteiger partial charge in [0.2, 0.25) is 5.91 Å². The number of carbonyl (C=O) groups is 2. The van der Waals surface area contributed by atoms with E-state index in [1.165, 1.54) is 0 Å². The molecule has 2 N–H and O–H groups in total. The second kappa shape index (κ2) is 6.56. The number of hydrogen-bond donors (Lipinski definition) is 2. The van der Waals surface area contributed by atoms with E-state index in [9.17, 15) is 9.59 Å². The first kappa shape index (κ1) is 13.9. The lowest BCUT2D eigenvalue weighted by Gasteiger charge is -2.34. The average molecular weight is 244 g/mol. The summed E-state index contributed by atoms with van der Waals surface area (Å²) < 4.78 is 5.38. The monoisotopic (exact) mass is 244 g/mol. The highest BCUT2D eigenvalue weighted by Crippen LogP contribution is 2.08. The first-order chi connectivity index (χ1) is 8.00. The van der Waals surface area contributed by atoms with Crippen LogP contribution < -0.4 is 5.32 Å². The first-order valence-electron chi connectivity index (χ1n) is 5.86. The van der Waals surface area contributed by atoms with Crippen LogP contribution in [-0.4, -0.2) is 60.3 Å². The number of carboxylic acids is 1. The number of morpholine rings is 1. The first-order valence-corrected chi connectivity index (χ1v) is 5.86. The van der Waals surface area contributed by atoms with Crippen molar-refractivity contribution < 1.29 is 19.4 Å². The largest absolute Gasteiger partial charge is 0.481 e. The minimum Gasteiger partial charge on any atom is -0.481 e. The molecule has 0 aromatic carbocycles. The molecule has 1 saturated heterocycles. The van der Waals surface area contributed by atoms with Gasteiger partial charge in [0.05, 0.1) is 13.0 Å². The zero-order valence-electron chi connectivity index (χ0n) is 10.3. The molecule has 6 heteroatoms. The van der Waals surface area contributed by atoms with Crippen LogP contribution in [0, 0.1) is 0 Å². The van der Waals surface area contributed by atoms with Crippen molar-refractivity contribution in [3.8, 4) is 0 Å². The summed E-state index contributed by atoms with van der Waals surface area (Å²) in [6, 6.07) is 0.383. The number of rotatable bonds is 5. The normalized spacial score (nSPS) is 21.5. The van der Waals surface area contributed by atoms with E-state index in [-0.39, 0.29) is 18.9 Å². The van der Waals surface area contributed by atoms with Crippen LogP contribution in [0.2, 0.25) is 0 Å². The van der Waals surface area contributed by atoms with Crippen LogP contribution in [-0.2, 0) is 14.3 Å². The highest BCUT2D eigenvalue weighted by Gasteiger charge is 2.27. The third-order valence-corrected chi connectivity index (χ3v) is 2.76. The molecule has 0 radical (unpaired) electrons. The van der Waals surface area contributed by atoms with Gasteiger partial charge in [-0.2, -0.15) is 0 Å². The van der Waals surface area contributed by atoms with Gasteiger partial charge < -0.3 is 15.2 Å². The summed E-state index contributed by atoms with van der Waals surface area (Å²) in [4.78, 5) is 24.2. The Labute approximate surface area is 101 Å². The van der Waals surface area contributed by atoms with E-state index in [1.807, 2.05) is 0 Å². The van der Waals surface area contributed by atoms with Gasteiger partial charge in [-0.05, 0) is 13.8 Å². The maximum absolute atomic E-state index is 11.7. The van der Waals surface area contributed by atoms with Gasteiger partial charge >= 0.3 is 5.97 Å². The topological polar surface area (TPSA) is 78.9 Å². The number of carbonyl (C=O) groups excluding carboxylic acids is 1. The summed E-state index contributed by atoms with van der Waals surface area (Å²) in [6.45, 7) is 6.23. The van der Waals surface area contributed by atoms with Crippen molar-refractivity contribution in [3.05, 3.63) is 0 Å². The zero-order valence-corrected chi connectivity index (χ0v) is 10.3. The van der Waals surface area contributed by atoms with Gasteiger partial charge in [0.1, 0.15) is 6.10 Å². The highest BCUT2D eigenvalue weighted by atomic mass is 16.5. The van der Waals surface area contributed by atoms with E-state index < -0.39 is 12.1 Å². The van der Waals surface area contributed by atoms with Crippen molar-refractivity contribution in [3.63, 3.8) is 0 Å². The lowest BCUT2D eigenvalue weighted by molar-refractivity contribution is -0.140. The highest BCUT2D eigenvalue weighted by molar-refractivity contribution is 5.81. The molecule has 0 aromatic heterocycles. The van der Waals surface area contributed by atoms with E-state index in [1.54, 1.807) is 0 Å². The number of ether oxygens (including phenoxy) is 1. The van der Waals surface area contributed by atoms with Gasteiger partial charge in [-0.25, -0.2) is 0 Å². The van der Waals surface area contributed by atoms with Gasteiger partial charge in [0, 0.05) is 25.7 Å². The fraction of sp³-hybridized carbons (Fsp3) is 0.818. The van der Waals surface area contributed by atoms with Crippen molar-refractivity contribution in [1.29, 1.82) is 0 Å². The van der Waals surface area contributed by atoms with Gasteiger partial charge in [-0.15, -0.1) is 0 Å². The van der Waals surface area contributed by atoms with Crippen molar-refractivity contribution in [1.82, 2.24) is 10.2 Å². The number of amides is 1. The molecule has 17 heavy (non-hydrogen) atoms. The van der Waals surface area contributed by atoms with Crippen LogP contribution in [0.3, 0.4) is 0 Å². The summed E-state index contributed by atoms with van der Waals surface area (Å²) in [6.07, 6.45) is -0.549. The van der Waals surface area contributed by atoms with E-state index >= 15 is 0 Å². The maximum atomic E-state index is 11.7. The third kappa shape index (κ3) is 4.70. The number of carboxylic acid groups (broad SMARTS) is 1. The SMILES string of the molecule is CC(C)N1CCO[C@@H](C(=O)NCCC(=O)O)C1. The molecule has 0 aromatic rings. The molecule has 1 aliphatic rings. The van der Waals surface area contributed by atoms with Crippen molar-refractivity contribution in [2.24, 2.45) is 0 Å². The van der Waals surface area contributed by atoms with Crippen LogP contribution in [0.25, 0.3) is 0 Å². The fourth-order valence-electron chi connectivity index (χ4n) is 1.70. The Balaban J connectivity index is 2.33. The predicted molar refractivity (Wildman–Crippen MR) is 61.7 cm³/mol. The van der Waals surface area contributed by atoms with E-state index in [0.29, 0.717) is 19.2 Å². The Morgan fingerprint density at radius 3 is 2.82 bits per heavy atom. The lowest BCUT2D eigenvalue weighted by Crippen LogP contribution is -2.51. The minimum atomic E-state index is -0.918. The summed E-state index contributed by atoms with van der Waals surface area (Å²) in [5.74, 6) is -1.14. The molecule has 98 valence electrons. The maximum Gasteiger partial charge on any atom is 0.305 e. The summed E-state index contributed by atoms with van der Waals surface area (Å²) in [5, 5.41) is 11.0. The smallest absolute Gasteiger partial charge is 0.305 e. The second-order valence-corrected chi connectivity index (χ2v) is 4.38. The standard InChI is InChI=1S/C11H20N2O4/c1-8(2)13-5-6-17-9(7-13)11(16)12-4-3-10(14)15/h8-9H,3-7H2,1-2H3,(H,12,16)(H,14,15)/t9-/m1/s1. The van der Waals surface area contributed by atoms with Gasteiger partial charge in [0.25, 0.3) is 0 Å². The Morgan fingerprint density at radius 2 is 2.24 bits per heavy atom. The molecule has 0 spiro atoms. The van der Waals surface area contributed by atoms with Gasteiger partial charge in [-0.3, -0.25) is 14.5 Å². The van der Waals surface area contributed by atoms with E-state index in [0.717, 1.165) is 6.54 Å². The van der Waals surface area contributed by atoms with Crippen LogP contribution in [0.5, 0.6) is 0 Å². The molecule has 0 bridgehead atoms. The lowest BCUT2D eigenvalue weighted by atomic mass is 10.2. The van der Waals surface area contributed by atoms with Crippen molar-refractivity contribution in [2.45, 2.75) is 32.4 Å². The molecule has 1 fully saturated rings. The predicted octanol–water partition coefficient (Wildman–Crippen LogP) is -0.313. The fourth-order valence-corrected chi connectivity index (χ4v) is 1.70. The van der Waals surface area contributed by atoms with Crippen LogP contribution in [0.1, 0.15) is 20.3 Å². The molecule has 1 aliphatic heterocycles. The molecule has 0 aliphatic carbocycles. The number of nitrogens with zero attached hydrogens (tertiary/aromatic N) is 1. The summed E-state index contributed by atoms with van der Waals surface area (Å²) >= 11 is 0. The molecular formula is C11H20N2O4. The zero-order chi connectivity index (χ0) is 12.8. The number of hydrogen-bond acceptors (Lipinski definition) is 4. The molecule has 0 unspecified atom stereocenters. The molecule has 6 nitrogen and oxygen atoms in total. The van der Waals surface area contributed by atoms with Crippen LogP contribution in [0.15, 0.2) is 0 Å². The van der Waals surface area contributed by atoms with Gasteiger partial charge in [0.15, 0.2) is 0 Å². The molecule has 1 heterocycles. The second-order valence-electron chi connectivity index (χ2n) is 4.38. The van der Waals surface area contributed by atoms with E-state index in [2.05, 4.69) is 24.1 Å². The number of aliphatic carboxylic acids is 1. The molecule has 1 amide bonds.